The Hall–Kier alpha value is -2.85. The first kappa shape index (κ1) is 19.9. The second-order valence-corrected chi connectivity index (χ2v) is 6.94. The molecular weight excluding hydrogens is 433 g/mol. The van der Waals surface area contributed by atoms with Crippen molar-refractivity contribution in [2.45, 2.75) is 20.0 Å². The number of halogens is 4. The highest BCUT2D eigenvalue weighted by atomic mass is 79.9. The predicted molar refractivity (Wildman–Crippen MR) is 105 cm³/mol. The summed E-state index contributed by atoms with van der Waals surface area (Å²) in [7, 11) is 0. The van der Waals surface area contributed by atoms with E-state index in [1.807, 2.05) is 6.92 Å². The van der Waals surface area contributed by atoms with Gasteiger partial charge in [-0.05, 0) is 72.1 Å². The van der Waals surface area contributed by atoms with E-state index in [1.165, 1.54) is 12.1 Å². The summed E-state index contributed by atoms with van der Waals surface area (Å²) in [5, 5.41) is 0. The molecule has 0 atom stereocenters. The van der Waals surface area contributed by atoms with Crippen molar-refractivity contribution in [3.8, 4) is 23.0 Å². The fourth-order valence-corrected chi connectivity index (χ4v) is 2.99. The number of H-pyrrole nitrogens is 1. The average Bonchev–Trinajstić information content (AvgIpc) is 2.65. The molecule has 0 unspecified atom stereocenters. The van der Waals surface area contributed by atoms with Crippen molar-refractivity contribution in [1.29, 1.82) is 0 Å². The van der Waals surface area contributed by atoms with Gasteiger partial charge < -0.3 is 4.98 Å². The Kier molecular flexibility index (Phi) is 5.43. The summed E-state index contributed by atoms with van der Waals surface area (Å²) in [4.78, 5) is 19.9. The number of hydrogen-bond donors (Lipinski definition) is 1. The van der Waals surface area contributed by atoms with Crippen LogP contribution in [0.25, 0.3) is 11.1 Å². The van der Waals surface area contributed by atoms with E-state index in [1.54, 1.807) is 25.3 Å². The van der Waals surface area contributed by atoms with Gasteiger partial charge in [0.2, 0.25) is 5.43 Å². The van der Waals surface area contributed by atoms with Crippen LogP contribution >= 0.6 is 15.9 Å². The van der Waals surface area contributed by atoms with Crippen LogP contribution < -0.4 is 5.43 Å². The van der Waals surface area contributed by atoms with Gasteiger partial charge in [-0.3, -0.25) is 4.79 Å². The molecule has 0 saturated heterocycles. The maximum atomic E-state index is 12.6. The molecule has 0 fully saturated rings. The maximum absolute atomic E-state index is 12.6. The maximum Gasteiger partial charge on any atom is 0.416 e. The van der Waals surface area contributed by atoms with E-state index in [4.69, 9.17) is 0 Å². The Labute approximate surface area is 167 Å². The van der Waals surface area contributed by atoms with E-state index in [-0.39, 0.29) is 5.43 Å². The standard InChI is InChI=1S/C21H14BrF3N2O/c1-12-18(20(28)19(22)13(2)27-12)15-6-10-17(26-11-15)9-5-14-3-7-16(8-4-14)21(23,24)25/h3-4,6-8,10-11H,1-2H3,(H,27,28). The number of pyridine rings is 2. The molecule has 0 saturated carbocycles. The number of aromatic amines is 1. The van der Waals surface area contributed by atoms with Crippen molar-refractivity contribution >= 4 is 15.9 Å². The lowest BCUT2D eigenvalue weighted by Gasteiger charge is -2.08. The first-order valence-corrected chi connectivity index (χ1v) is 9.01. The molecule has 0 bridgehead atoms. The third-order valence-electron chi connectivity index (χ3n) is 4.10. The summed E-state index contributed by atoms with van der Waals surface area (Å²) in [6.45, 7) is 3.62. The largest absolute Gasteiger partial charge is 0.416 e. The molecular formula is C21H14BrF3N2O. The van der Waals surface area contributed by atoms with Gasteiger partial charge in [-0.1, -0.05) is 5.92 Å². The van der Waals surface area contributed by atoms with Crippen LogP contribution in [0.2, 0.25) is 0 Å². The van der Waals surface area contributed by atoms with Crippen LogP contribution in [0, 0.1) is 25.7 Å². The van der Waals surface area contributed by atoms with Crippen molar-refractivity contribution < 1.29 is 13.2 Å². The minimum Gasteiger partial charge on any atom is -0.361 e. The molecule has 1 N–H and O–H groups in total. The predicted octanol–water partition coefficient (Wildman–Crippen LogP) is 5.23. The molecule has 0 aliphatic rings. The number of nitrogens with one attached hydrogen (secondary N) is 1. The van der Waals surface area contributed by atoms with Crippen molar-refractivity contribution in [3.05, 3.63) is 85.5 Å². The number of nitrogens with zero attached hydrogens (tertiary/aromatic N) is 1. The lowest BCUT2D eigenvalue weighted by atomic mass is 10.0. The first-order chi connectivity index (χ1) is 13.2. The van der Waals surface area contributed by atoms with Gasteiger partial charge in [0.1, 0.15) is 5.69 Å². The molecule has 0 amide bonds. The topological polar surface area (TPSA) is 45.8 Å². The molecule has 2 heterocycles. The highest BCUT2D eigenvalue weighted by Crippen LogP contribution is 2.29. The molecule has 0 aliphatic heterocycles. The van der Waals surface area contributed by atoms with E-state index >= 15 is 0 Å². The molecule has 7 heteroatoms. The van der Waals surface area contributed by atoms with Crippen LogP contribution in [-0.4, -0.2) is 9.97 Å². The van der Waals surface area contributed by atoms with Crippen LogP contribution in [0.4, 0.5) is 13.2 Å². The lowest BCUT2D eigenvalue weighted by molar-refractivity contribution is -0.137. The minimum atomic E-state index is -4.37. The zero-order chi connectivity index (χ0) is 20.5. The van der Waals surface area contributed by atoms with Gasteiger partial charge in [0.25, 0.3) is 0 Å². The van der Waals surface area contributed by atoms with Crippen LogP contribution in [0.5, 0.6) is 0 Å². The van der Waals surface area contributed by atoms with E-state index in [0.29, 0.717) is 26.9 Å². The average molecular weight is 447 g/mol. The number of hydrogen-bond acceptors (Lipinski definition) is 2. The first-order valence-electron chi connectivity index (χ1n) is 8.21. The quantitative estimate of drug-likeness (QED) is 0.519. The monoisotopic (exact) mass is 446 g/mol. The molecule has 3 nitrogen and oxygen atoms in total. The smallest absolute Gasteiger partial charge is 0.361 e. The summed E-state index contributed by atoms with van der Waals surface area (Å²) in [5.41, 5.74) is 2.71. The Morgan fingerprint density at radius 1 is 1.00 bits per heavy atom. The summed E-state index contributed by atoms with van der Waals surface area (Å²) in [6, 6.07) is 8.02. The van der Waals surface area contributed by atoms with Crippen molar-refractivity contribution in [1.82, 2.24) is 9.97 Å². The summed E-state index contributed by atoms with van der Waals surface area (Å²) in [6.07, 6.45) is -2.82. The Morgan fingerprint density at radius 2 is 1.68 bits per heavy atom. The van der Waals surface area contributed by atoms with Gasteiger partial charge in [0, 0.05) is 28.7 Å². The van der Waals surface area contributed by atoms with Gasteiger partial charge in [0.15, 0.2) is 0 Å². The molecule has 0 spiro atoms. The molecule has 3 aromatic rings. The normalized spacial score (nSPS) is 11.1. The highest BCUT2D eigenvalue weighted by molar-refractivity contribution is 9.10. The van der Waals surface area contributed by atoms with E-state index < -0.39 is 11.7 Å². The number of aryl methyl sites for hydroxylation is 2. The molecule has 28 heavy (non-hydrogen) atoms. The second kappa shape index (κ2) is 7.64. The Bertz CT molecular complexity index is 1140. The number of aromatic nitrogens is 2. The second-order valence-electron chi connectivity index (χ2n) is 6.15. The molecule has 2 aromatic heterocycles. The van der Waals surface area contributed by atoms with E-state index in [9.17, 15) is 18.0 Å². The lowest BCUT2D eigenvalue weighted by Crippen LogP contribution is -2.12. The van der Waals surface area contributed by atoms with Gasteiger partial charge in [-0.25, -0.2) is 4.98 Å². The van der Waals surface area contributed by atoms with Crippen LogP contribution in [0.1, 0.15) is 28.2 Å². The third-order valence-corrected chi connectivity index (χ3v) is 5.06. The van der Waals surface area contributed by atoms with Gasteiger partial charge >= 0.3 is 6.18 Å². The van der Waals surface area contributed by atoms with Gasteiger partial charge in [-0.2, -0.15) is 13.2 Å². The Morgan fingerprint density at radius 3 is 2.25 bits per heavy atom. The highest BCUT2D eigenvalue weighted by Gasteiger charge is 2.29. The number of benzene rings is 1. The van der Waals surface area contributed by atoms with Gasteiger partial charge in [-0.15, -0.1) is 0 Å². The molecule has 1 aromatic carbocycles. The minimum absolute atomic E-state index is 0.126. The Balaban J connectivity index is 1.87. The van der Waals surface area contributed by atoms with Crippen LogP contribution in [0.3, 0.4) is 0 Å². The van der Waals surface area contributed by atoms with Gasteiger partial charge in [0.05, 0.1) is 15.6 Å². The van der Waals surface area contributed by atoms with E-state index in [0.717, 1.165) is 23.5 Å². The van der Waals surface area contributed by atoms with Crippen molar-refractivity contribution in [3.63, 3.8) is 0 Å². The molecule has 142 valence electrons. The SMILES string of the molecule is Cc1[nH]c(C)c(-c2ccc(C#Cc3ccc(C(F)(F)F)cc3)nc2)c(=O)c1Br. The summed E-state index contributed by atoms with van der Waals surface area (Å²) >= 11 is 3.29. The molecule has 0 aliphatic carbocycles. The van der Waals surface area contributed by atoms with E-state index in [2.05, 4.69) is 37.7 Å². The van der Waals surface area contributed by atoms with Crippen molar-refractivity contribution in [2.75, 3.05) is 0 Å². The van der Waals surface area contributed by atoms with Crippen molar-refractivity contribution in [2.24, 2.45) is 0 Å². The molecule has 3 rings (SSSR count). The van der Waals surface area contributed by atoms with Crippen LogP contribution in [0.15, 0.2) is 51.9 Å². The number of rotatable bonds is 1. The summed E-state index contributed by atoms with van der Waals surface area (Å²) in [5.74, 6) is 5.59. The third kappa shape index (κ3) is 4.18. The zero-order valence-electron chi connectivity index (χ0n) is 14.9. The number of alkyl halides is 3. The fourth-order valence-electron chi connectivity index (χ4n) is 2.69. The van der Waals surface area contributed by atoms with Crippen LogP contribution in [-0.2, 0) is 6.18 Å². The summed E-state index contributed by atoms with van der Waals surface area (Å²) < 4.78 is 38.2. The fraction of sp³-hybridized carbons (Fsp3) is 0.143. The molecule has 0 radical (unpaired) electrons. The zero-order valence-corrected chi connectivity index (χ0v) is 16.5.